The molecule has 1 rings (SSSR count). The first-order chi connectivity index (χ1) is 9.49. The molecule has 0 radical (unpaired) electrons. The van der Waals surface area contributed by atoms with E-state index in [-0.39, 0.29) is 11.9 Å². The highest BCUT2D eigenvalue weighted by atomic mass is 79.9. The molecular weight excluding hydrogens is 320 g/mol. The minimum absolute atomic E-state index is 0.0853. The molecule has 5 heteroatoms. The van der Waals surface area contributed by atoms with Crippen molar-refractivity contribution in [1.82, 2.24) is 10.6 Å². The molecule has 0 aliphatic rings. The molecule has 2 atom stereocenters. The van der Waals surface area contributed by atoms with E-state index in [4.69, 9.17) is 4.74 Å². The molecule has 0 spiro atoms. The first-order valence-corrected chi connectivity index (χ1v) is 7.70. The minimum atomic E-state index is -0.509. The van der Waals surface area contributed by atoms with Crippen LogP contribution in [-0.2, 0) is 4.79 Å². The van der Waals surface area contributed by atoms with Crippen molar-refractivity contribution in [3.8, 4) is 5.75 Å². The second-order valence-electron chi connectivity index (χ2n) is 4.74. The Labute approximate surface area is 129 Å². The van der Waals surface area contributed by atoms with Gasteiger partial charge in [0.05, 0.1) is 0 Å². The summed E-state index contributed by atoms with van der Waals surface area (Å²) in [6.45, 7) is 6.51. The minimum Gasteiger partial charge on any atom is -0.481 e. The zero-order valence-electron chi connectivity index (χ0n) is 12.5. The molecular formula is C15H23BrN2O2. The predicted octanol–water partition coefficient (Wildman–Crippen LogP) is 3.02. The molecule has 2 N–H and O–H groups in total. The summed E-state index contributed by atoms with van der Waals surface area (Å²) in [5, 5.41) is 6.02. The molecule has 0 aliphatic heterocycles. The van der Waals surface area contributed by atoms with Crippen molar-refractivity contribution in [1.29, 1.82) is 0 Å². The maximum absolute atomic E-state index is 11.9. The summed E-state index contributed by atoms with van der Waals surface area (Å²) < 4.78 is 6.80. The van der Waals surface area contributed by atoms with Crippen LogP contribution in [0.3, 0.4) is 0 Å². The Morgan fingerprint density at radius 1 is 1.40 bits per heavy atom. The van der Waals surface area contributed by atoms with Crippen LogP contribution in [0, 0.1) is 0 Å². The van der Waals surface area contributed by atoms with E-state index in [1.807, 2.05) is 32.2 Å². The lowest BCUT2D eigenvalue weighted by atomic mass is 10.1. The van der Waals surface area contributed by atoms with Gasteiger partial charge in [0.1, 0.15) is 5.75 Å². The van der Waals surface area contributed by atoms with Crippen LogP contribution in [0.1, 0.15) is 38.8 Å². The first-order valence-electron chi connectivity index (χ1n) is 6.90. The van der Waals surface area contributed by atoms with Crippen LogP contribution in [0.4, 0.5) is 0 Å². The van der Waals surface area contributed by atoms with Gasteiger partial charge in [-0.05, 0) is 45.5 Å². The third-order valence-electron chi connectivity index (χ3n) is 3.09. The number of halogens is 1. The van der Waals surface area contributed by atoms with Crippen LogP contribution < -0.4 is 15.4 Å². The van der Waals surface area contributed by atoms with E-state index in [0.29, 0.717) is 6.54 Å². The molecule has 1 amide bonds. The maximum Gasteiger partial charge on any atom is 0.260 e. The van der Waals surface area contributed by atoms with Gasteiger partial charge in [0.25, 0.3) is 5.91 Å². The zero-order chi connectivity index (χ0) is 15.1. The van der Waals surface area contributed by atoms with Crippen LogP contribution in [-0.4, -0.2) is 25.6 Å². The Balaban J connectivity index is 2.83. The lowest BCUT2D eigenvalue weighted by Gasteiger charge is -2.20. The molecule has 0 aromatic heterocycles. The van der Waals surface area contributed by atoms with Crippen LogP contribution >= 0.6 is 15.9 Å². The fourth-order valence-electron chi connectivity index (χ4n) is 1.76. The summed E-state index contributed by atoms with van der Waals surface area (Å²) in [5.41, 5.74) is 1.03. The summed E-state index contributed by atoms with van der Waals surface area (Å²) in [5.74, 6) is 0.645. The fraction of sp³-hybridized carbons (Fsp3) is 0.533. The molecule has 20 heavy (non-hydrogen) atoms. The van der Waals surface area contributed by atoms with E-state index in [0.717, 1.165) is 22.2 Å². The zero-order valence-corrected chi connectivity index (χ0v) is 14.1. The van der Waals surface area contributed by atoms with Gasteiger partial charge in [-0.15, -0.1) is 0 Å². The first kappa shape index (κ1) is 17.0. The van der Waals surface area contributed by atoms with Gasteiger partial charge >= 0.3 is 0 Å². The maximum atomic E-state index is 11.9. The van der Waals surface area contributed by atoms with E-state index in [1.54, 1.807) is 6.92 Å². The monoisotopic (exact) mass is 342 g/mol. The molecule has 112 valence electrons. The average molecular weight is 343 g/mol. The molecule has 1 aromatic carbocycles. The van der Waals surface area contributed by atoms with Crippen molar-refractivity contribution in [2.24, 2.45) is 0 Å². The van der Waals surface area contributed by atoms with Crippen molar-refractivity contribution in [2.75, 3.05) is 13.6 Å². The van der Waals surface area contributed by atoms with E-state index in [9.17, 15) is 4.79 Å². The average Bonchev–Trinajstić information content (AvgIpc) is 2.45. The molecule has 2 unspecified atom stereocenters. The van der Waals surface area contributed by atoms with Crippen LogP contribution in [0.15, 0.2) is 22.7 Å². The Kier molecular flexibility index (Phi) is 7.02. The lowest BCUT2D eigenvalue weighted by Crippen LogP contribution is -2.36. The molecule has 0 fully saturated rings. The molecule has 0 aliphatic carbocycles. The third kappa shape index (κ3) is 4.80. The summed E-state index contributed by atoms with van der Waals surface area (Å²) in [6.07, 6.45) is 0.407. The number of ether oxygens (including phenoxy) is 1. The molecule has 1 aromatic rings. The highest BCUT2D eigenvalue weighted by Crippen LogP contribution is 2.29. The lowest BCUT2D eigenvalue weighted by molar-refractivity contribution is -0.127. The third-order valence-corrected chi connectivity index (χ3v) is 3.59. The van der Waals surface area contributed by atoms with Crippen molar-refractivity contribution in [3.63, 3.8) is 0 Å². The van der Waals surface area contributed by atoms with Crippen LogP contribution in [0.5, 0.6) is 5.75 Å². The van der Waals surface area contributed by atoms with Crippen LogP contribution in [0.2, 0.25) is 0 Å². The van der Waals surface area contributed by atoms with Crippen molar-refractivity contribution in [2.45, 2.75) is 39.3 Å². The largest absolute Gasteiger partial charge is 0.481 e. The standard InChI is InChI=1S/C15H23BrN2O2/c1-5-8-18-15(19)11(3)20-14-7-6-12(16)9-13(14)10(2)17-4/h6-7,9-11,17H,5,8H2,1-4H3,(H,18,19). The summed E-state index contributed by atoms with van der Waals surface area (Å²) in [6, 6.07) is 5.95. The van der Waals surface area contributed by atoms with E-state index in [1.165, 1.54) is 0 Å². The van der Waals surface area contributed by atoms with Gasteiger partial charge in [-0.3, -0.25) is 4.79 Å². The highest BCUT2D eigenvalue weighted by molar-refractivity contribution is 9.10. The van der Waals surface area contributed by atoms with Crippen molar-refractivity contribution >= 4 is 21.8 Å². The number of nitrogens with one attached hydrogen (secondary N) is 2. The second-order valence-corrected chi connectivity index (χ2v) is 5.66. The summed E-state index contributed by atoms with van der Waals surface area (Å²) in [4.78, 5) is 11.9. The number of hydrogen-bond acceptors (Lipinski definition) is 3. The SMILES string of the molecule is CCCNC(=O)C(C)Oc1ccc(Br)cc1C(C)NC. The van der Waals surface area contributed by atoms with Crippen molar-refractivity contribution in [3.05, 3.63) is 28.2 Å². The normalized spacial score (nSPS) is 13.7. The highest BCUT2D eigenvalue weighted by Gasteiger charge is 2.17. The number of carbonyl (C=O) groups excluding carboxylic acids is 1. The van der Waals surface area contributed by atoms with Gasteiger partial charge in [0, 0.05) is 22.6 Å². The quantitative estimate of drug-likeness (QED) is 0.800. The van der Waals surface area contributed by atoms with Gasteiger partial charge in [-0.25, -0.2) is 0 Å². The Bertz CT molecular complexity index is 451. The fourth-order valence-corrected chi connectivity index (χ4v) is 2.14. The number of benzene rings is 1. The van der Waals surface area contributed by atoms with E-state index < -0.39 is 6.10 Å². The molecule has 0 saturated carbocycles. The van der Waals surface area contributed by atoms with E-state index in [2.05, 4.69) is 33.5 Å². The number of amides is 1. The van der Waals surface area contributed by atoms with E-state index >= 15 is 0 Å². The topological polar surface area (TPSA) is 50.4 Å². The number of rotatable bonds is 7. The van der Waals surface area contributed by atoms with Gasteiger partial charge in [-0.2, -0.15) is 0 Å². The Morgan fingerprint density at radius 2 is 2.10 bits per heavy atom. The summed E-state index contributed by atoms with van der Waals surface area (Å²) >= 11 is 3.46. The van der Waals surface area contributed by atoms with Gasteiger partial charge < -0.3 is 15.4 Å². The Hall–Kier alpha value is -1.07. The number of carbonyl (C=O) groups is 1. The van der Waals surface area contributed by atoms with Crippen LogP contribution in [0.25, 0.3) is 0 Å². The molecule has 4 nitrogen and oxygen atoms in total. The Morgan fingerprint density at radius 3 is 2.70 bits per heavy atom. The van der Waals surface area contributed by atoms with Gasteiger partial charge in [0.2, 0.25) is 0 Å². The predicted molar refractivity (Wildman–Crippen MR) is 85.0 cm³/mol. The summed E-state index contributed by atoms with van der Waals surface area (Å²) in [7, 11) is 1.90. The van der Waals surface area contributed by atoms with Crippen molar-refractivity contribution < 1.29 is 9.53 Å². The molecule has 0 saturated heterocycles. The second kappa shape index (κ2) is 8.27. The smallest absolute Gasteiger partial charge is 0.260 e. The molecule has 0 bridgehead atoms. The van der Waals surface area contributed by atoms with Gasteiger partial charge in [0.15, 0.2) is 6.10 Å². The number of hydrogen-bond donors (Lipinski definition) is 2. The molecule has 0 heterocycles. The van der Waals surface area contributed by atoms with Gasteiger partial charge in [-0.1, -0.05) is 22.9 Å².